The number of nitrogens with zero attached hydrogens (tertiary/aromatic N) is 4. The maximum atomic E-state index is 12.3. The van der Waals surface area contributed by atoms with Crippen LogP contribution < -0.4 is 15.5 Å². The van der Waals surface area contributed by atoms with Gasteiger partial charge in [0, 0.05) is 18.1 Å². The molecule has 0 saturated heterocycles. The van der Waals surface area contributed by atoms with Crippen molar-refractivity contribution in [2.24, 2.45) is 17.1 Å². The summed E-state index contributed by atoms with van der Waals surface area (Å²) < 4.78 is 42.6. The minimum absolute atomic E-state index is 0.305. The SMILES string of the molecule is CC(C)c1ccccc1NC(=S)N/N=C/c1ccc2c(/C=N/c3ccc(OC(F)(F)F)cc3)nn(C)c2c1. The van der Waals surface area contributed by atoms with Crippen LogP contribution in [0.2, 0.25) is 0 Å². The first-order chi connectivity index (χ1) is 18.1. The highest BCUT2D eigenvalue weighted by atomic mass is 32.1. The van der Waals surface area contributed by atoms with Gasteiger partial charge in [-0.3, -0.25) is 15.1 Å². The first kappa shape index (κ1) is 26.8. The Kier molecular flexibility index (Phi) is 8.06. The molecule has 0 bridgehead atoms. The van der Waals surface area contributed by atoms with E-state index in [1.807, 2.05) is 43.4 Å². The molecule has 3 aromatic carbocycles. The average molecular weight is 539 g/mol. The standard InChI is InChI=1S/C27H25F3N6OS/c1-17(2)21-6-4-5-7-23(21)33-26(38)34-32-15-18-8-13-22-24(35-36(3)25(22)14-18)16-31-19-9-11-20(12-10-19)37-27(28,29)30/h4-17H,1-3H3,(H2,33,34,38)/b31-16+,32-15+. The molecule has 1 aromatic heterocycles. The van der Waals surface area contributed by atoms with Gasteiger partial charge in [0.15, 0.2) is 5.11 Å². The first-order valence-electron chi connectivity index (χ1n) is 11.6. The smallest absolute Gasteiger partial charge is 0.406 e. The second-order valence-electron chi connectivity index (χ2n) is 8.65. The third kappa shape index (κ3) is 6.94. The Morgan fingerprint density at radius 3 is 2.50 bits per heavy atom. The fourth-order valence-electron chi connectivity index (χ4n) is 3.78. The van der Waals surface area contributed by atoms with E-state index in [-0.39, 0.29) is 5.75 Å². The number of hydrogen-bond donors (Lipinski definition) is 2. The number of halogens is 3. The molecule has 0 aliphatic carbocycles. The van der Waals surface area contributed by atoms with Crippen molar-refractivity contribution in [3.05, 3.63) is 83.6 Å². The Morgan fingerprint density at radius 1 is 1.05 bits per heavy atom. The Hall–Kier alpha value is -4.25. The second kappa shape index (κ2) is 11.4. The highest BCUT2D eigenvalue weighted by molar-refractivity contribution is 7.80. The van der Waals surface area contributed by atoms with E-state index >= 15 is 0 Å². The molecular weight excluding hydrogens is 513 g/mol. The number of ether oxygens (including phenoxy) is 1. The number of hydrazone groups is 1. The van der Waals surface area contributed by atoms with Crippen LogP contribution in [0.3, 0.4) is 0 Å². The van der Waals surface area contributed by atoms with Gasteiger partial charge in [0.05, 0.1) is 23.6 Å². The third-order valence-corrected chi connectivity index (χ3v) is 5.71. The summed E-state index contributed by atoms with van der Waals surface area (Å²) in [5, 5.41) is 13.2. The average Bonchev–Trinajstić information content (AvgIpc) is 3.17. The zero-order valence-electron chi connectivity index (χ0n) is 20.8. The van der Waals surface area contributed by atoms with Crippen LogP contribution in [0.5, 0.6) is 5.75 Å². The lowest BCUT2D eigenvalue weighted by Gasteiger charge is -2.14. The summed E-state index contributed by atoms with van der Waals surface area (Å²) in [5.41, 5.74) is 7.72. The number of alkyl halides is 3. The minimum atomic E-state index is -4.74. The topological polar surface area (TPSA) is 75.8 Å². The number of rotatable bonds is 7. The second-order valence-corrected chi connectivity index (χ2v) is 9.06. The fourth-order valence-corrected chi connectivity index (χ4v) is 3.94. The predicted octanol–water partition coefficient (Wildman–Crippen LogP) is 6.67. The van der Waals surface area contributed by atoms with E-state index in [4.69, 9.17) is 12.2 Å². The van der Waals surface area contributed by atoms with Crippen molar-refractivity contribution in [2.75, 3.05) is 5.32 Å². The van der Waals surface area contributed by atoms with Crippen molar-refractivity contribution in [3.8, 4) is 5.75 Å². The van der Waals surface area contributed by atoms with Gasteiger partial charge in [-0.1, -0.05) is 38.1 Å². The molecule has 0 aliphatic heterocycles. The van der Waals surface area contributed by atoms with Crippen LogP contribution in [0.15, 0.2) is 76.8 Å². The van der Waals surface area contributed by atoms with Crippen molar-refractivity contribution >= 4 is 52.0 Å². The van der Waals surface area contributed by atoms with Gasteiger partial charge in [0.25, 0.3) is 0 Å². The molecule has 4 aromatic rings. The monoisotopic (exact) mass is 538 g/mol. The predicted molar refractivity (Wildman–Crippen MR) is 149 cm³/mol. The molecule has 1 heterocycles. The van der Waals surface area contributed by atoms with E-state index in [9.17, 15) is 13.2 Å². The highest BCUT2D eigenvalue weighted by Crippen LogP contribution is 2.26. The van der Waals surface area contributed by atoms with Gasteiger partial charge in [-0.25, -0.2) is 0 Å². The van der Waals surface area contributed by atoms with Gasteiger partial charge >= 0.3 is 6.36 Å². The molecule has 11 heteroatoms. The maximum Gasteiger partial charge on any atom is 0.573 e. The molecule has 38 heavy (non-hydrogen) atoms. The third-order valence-electron chi connectivity index (χ3n) is 5.52. The number of aliphatic imine (C=N–C) groups is 1. The van der Waals surface area contributed by atoms with E-state index in [1.54, 1.807) is 17.1 Å². The number of thiocarbonyl (C=S) groups is 1. The summed E-state index contributed by atoms with van der Waals surface area (Å²) in [6.45, 7) is 4.24. The van der Waals surface area contributed by atoms with E-state index in [0.29, 0.717) is 22.4 Å². The van der Waals surface area contributed by atoms with Crippen molar-refractivity contribution in [1.82, 2.24) is 15.2 Å². The van der Waals surface area contributed by atoms with Crippen LogP contribution in [0, 0.1) is 0 Å². The zero-order chi connectivity index (χ0) is 27.3. The van der Waals surface area contributed by atoms with Gasteiger partial charge in [-0.15, -0.1) is 13.2 Å². The number of aryl methyl sites for hydroxylation is 1. The van der Waals surface area contributed by atoms with Gasteiger partial charge in [-0.2, -0.15) is 10.2 Å². The molecule has 196 valence electrons. The van der Waals surface area contributed by atoms with Gasteiger partial charge < -0.3 is 10.1 Å². The van der Waals surface area contributed by atoms with E-state index in [2.05, 4.69) is 50.6 Å². The van der Waals surface area contributed by atoms with E-state index < -0.39 is 6.36 Å². The van der Waals surface area contributed by atoms with Crippen LogP contribution in [-0.2, 0) is 7.05 Å². The molecule has 2 N–H and O–H groups in total. The first-order valence-corrected chi connectivity index (χ1v) is 12.1. The quantitative estimate of drug-likeness (QED) is 0.156. The van der Waals surface area contributed by atoms with E-state index in [0.717, 1.165) is 27.7 Å². The van der Waals surface area contributed by atoms with Crippen LogP contribution in [0.1, 0.15) is 36.6 Å². The van der Waals surface area contributed by atoms with Crippen LogP contribution in [0.25, 0.3) is 10.9 Å². The highest BCUT2D eigenvalue weighted by Gasteiger charge is 2.30. The summed E-state index contributed by atoms with van der Waals surface area (Å²) in [4.78, 5) is 4.32. The summed E-state index contributed by atoms with van der Waals surface area (Å²) in [5.74, 6) is 0.0457. The molecule has 0 spiro atoms. The summed E-state index contributed by atoms with van der Waals surface area (Å²) in [7, 11) is 1.81. The molecule has 0 saturated carbocycles. The van der Waals surface area contributed by atoms with E-state index in [1.165, 1.54) is 24.3 Å². The molecule has 0 amide bonds. The summed E-state index contributed by atoms with van der Waals surface area (Å²) in [6.07, 6.45) is -1.51. The fraction of sp³-hybridized carbons (Fsp3) is 0.185. The van der Waals surface area contributed by atoms with Gasteiger partial charge in [0.2, 0.25) is 0 Å². The molecular formula is C27H25F3N6OS. The maximum absolute atomic E-state index is 12.3. The number of aromatic nitrogens is 2. The largest absolute Gasteiger partial charge is 0.573 e. The number of nitrogens with one attached hydrogen (secondary N) is 2. The number of benzene rings is 3. The van der Waals surface area contributed by atoms with Crippen LogP contribution >= 0.6 is 12.2 Å². The molecule has 0 aliphatic rings. The number of anilines is 1. The van der Waals surface area contributed by atoms with Crippen molar-refractivity contribution in [2.45, 2.75) is 26.1 Å². The summed E-state index contributed by atoms with van der Waals surface area (Å²) in [6, 6.07) is 19.0. The molecule has 4 rings (SSSR count). The van der Waals surface area contributed by atoms with Crippen molar-refractivity contribution in [1.29, 1.82) is 0 Å². The Labute approximate surface area is 223 Å². The molecule has 0 atom stereocenters. The molecule has 0 unspecified atom stereocenters. The van der Waals surface area contributed by atoms with Crippen molar-refractivity contribution in [3.63, 3.8) is 0 Å². The lowest BCUT2D eigenvalue weighted by molar-refractivity contribution is -0.274. The number of para-hydroxylation sites is 1. The number of fused-ring (bicyclic) bond motifs is 1. The molecule has 7 nitrogen and oxygen atoms in total. The lowest BCUT2D eigenvalue weighted by Crippen LogP contribution is -2.24. The van der Waals surface area contributed by atoms with Gasteiger partial charge in [-0.05, 0) is 71.7 Å². The van der Waals surface area contributed by atoms with Gasteiger partial charge in [0.1, 0.15) is 11.4 Å². The zero-order valence-corrected chi connectivity index (χ0v) is 21.6. The molecule has 0 fully saturated rings. The Bertz CT molecular complexity index is 1490. The number of hydrogen-bond acceptors (Lipinski definition) is 5. The van der Waals surface area contributed by atoms with Crippen LogP contribution in [-0.4, -0.2) is 33.7 Å². The normalized spacial score (nSPS) is 12.1. The lowest BCUT2D eigenvalue weighted by atomic mass is 10.0. The Balaban J connectivity index is 1.42. The minimum Gasteiger partial charge on any atom is -0.406 e. The molecule has 0 radical (unpaired) electrons. The van der Waals surface area contributed by atoms with Crippen molar-refractivity contribution < 1.29 is 17.9 Å². The Morgan fingerprint density at radius 2 is 1.79 bits per heavy atom. The summed E-state index contributed by atoms with van der Waals surface area (Å²) >= 11 is 5.38. The van der Waals surface area contributed by atoms with Crippen LogP contribution in [0.4, 0.5) is 24.5 Å².